The third kappa shape index (κ3) is 5.91. The lowest BCUT2D eigenvalue weighted by Crippen LogP contribution is -2.34. The van der Waals surface area contributed by atoms with E-state index in [2.05, 4.69) is 16.0 Å². The molecule has 0 aliphatic carbocycles. The Balaban J connectivity index is 1.46. The predicted molar refractivity (Wildman–Crippen MR) is 118 cm³/mol. The molecule has 0 saturated heterocycles. The lowest BCUT2D eigenvalue weighted by atomic mass is 10.1. The quantitative estimate of drug-likeness (QED) is 0.473. The number of methoxy groups -OCH3 is 1. The Morgan fingerprint density at radius 1 is 0.750 bits per heavy atom. The maximum absolute atomic E-state index is 13.0. The SMILES string of the molecule is COc1ccccc1C(=O)NCCNC(=O)c1ccc(NC(=O)c2ccc(F)cc2)cc1. The second-order valence-corrected chi connectivity index (χ2v) is 6.75. The molecule has 0 aromatic heterocycles. The number of rotatable bonds is 8. The van der Waals surface area contributed by atoms with Gasteiger partial charge < -0.3 is 20.7 Å². The minimum atomic E-state index is -0.420. The Morgan fingerprint density at radius 2 is 1.31 bits per heavy atom. The summed E-state index contributed by atoms with van der Waals surface area (Å²) in [7, 11) is 1.49. The standard InChI is InChI=1S/C24H22FN3O4/c1-32-21-5-3-2-4-20(21)24(31)27-15-14-26-22(29)16-8-12-19(13-9-16)28-23(30)17-6-10-18(25)11-7-17/h2-13H,14-15H2,1H3,(H,26,29)(H,27,31)(H,28,30). The summed E-state index contributed by atoms with van der Waals surface area (Å²) in [6.45, 7) is 0.483. The van der Waals surface area contributed by atoms with Crippen molar-refractivity contribution in [1.82, 2.24) is 10.6 Å². The van der Waals surface area contributed by atoms with Crippen LogP contribution in [-0.4, -0.2) is 37.9 Å². The van der Waals surface area contributed by atoms with E-state index >= 15 is 0 Å². The van der Waals surface area contributed by atoms with Crippen molar-refractivity contribution in [3.63, 3.8) is 0 Å². The van der Waals surface area contributed by atoms with E-state index in [1.54, 1.807) is 48.5 Å². The van der Waals surface area contributed by atoms with Gasteiger partial charge in [-0.15, -0.1) is 0 Å². The van der Waals surface area contributed by atoms with Gasteiger partial charge in [-0.25, -0.2) is 4.39 Å². The van der Waals surface area contributed by atoms with Crippen LogP contribution >= 0.6 is 0 Å². The molecule has 7 nitrogen and oxygen atoms in total. The molecule has 0 fully saturated rings. The molecule has 32 heavy (non-hydrogen) atoms. The number of amides is 3. The Morgan fingerprint density at radius 3 is 1.97 bits per heavy atom. The van der Waals surface area contributed by atoms with E-state index in [4.69, 9.17) is 4.74 Å². The molecule has 3 rings (SSSR count). The zero-order valence-corrected chi connectivity index (χ0v) is 17.4. The Bertz CT molecular complexity index is 1100. The minimum absolute atomic E-state index is 0.239. The minimum Gasteiger partial charge on any atom is -0.496 e. The van der Waals surface area contributed by atoms with Gasteiger partial charge in [0, 0.05) is 29.9 Å². The fourth-order valence-corrected chi connectivity index (χ4v) is 2.89. The zero-order valence-electron chi connectivity index (χ0n) is 17.4. The van der Waals surface area contributed by atoms with E-state index in [9.17, 15) is 18.8 Å². The number of ether oxygens (including phenoxy) is 1. The second-order valence-electron chi connectivity index (χ2n) is 6.75. The fraction of sp³-hybridized carbons (Fsp3) is 0.125. The first-order chi connectivity index (χ1) is 15.5. The molecule has 0 saturated carbocycles. The summed E-state index contributed by atoms with van der Waals surface area (Å²) in [5.74, 6) is -0.934. The second kappa shape index (κ2) is 10.7. The summed E-state index contributed by atoms with van der Waals surface area (Å²) < 4.78 is 18.1. The van der Waals surface area contributed by atoms with Crippen LogP contribution in [-0.2, 0) is 0 Å². The zero-order chi connectivity index (χ0) is 22.9. The number of hydrogen-bond donors (Lipinski definition) is 3. The van der Waals surface area contributed by atoms with Crippen LogP contribution in [0, 0.1) is 5.82 Å². The van der Waals surface area contributed by atoms with Gasteiger partial charge in [0.25, 0.3) is 17.7 Å². The van der Waals surface area contributed by atoms with Crippen LogP contribution < -0.4 is 20.7 Å². The predicted octanol–water partition coefficient (Wildman–Crippen LogP) is 3.25. The van der Waals surface area contributed by atoms with Crippen LogP contribution in [0.15, 0.2) is 72.8 Å². The van der Waals surface area contributed by atoms with E-state index in [-0.39, 0.29) is 30.8 Å². The van der Waals surface area contributed by atoms with Crippen LogP contribution in [0.25, 0.3) is 0 Å². The van der Waals surface area contributed by atoms with Crippen LogP contribution in [0.2, 0.25) is 0 Å². The van der Waals surface area contributed by atoms with Crippen molar-refractivity contribution in [2.24, 2.45) is 0 Å². The maximum atomic E-state index is 13.0. The van der Waals surface area contributed by atoms with Crippen molar-refractivity contribution in [2.45, 2.75) is 0 Å². The third-order valence-electron chi connectivity index (χ3n) is 4.56. The molecule has 0 bridgehead atoms. The molecular weight excluding hydrogens is 413 g/mol. The molecular formula is C24H22FN3O4. The highest BCUT2D eigenvalue weighted by Crippen LogP contribution is 2.16. The molecule has 0 radical (unpaired) electrons. The molecule has 8 heteroatoms. The van der Waals surface area contributed by atoms with Gasteiger partial charge in [0.15, 0.2) is 0 Å². The van der Waals surface area contributed by atoms with Crippen molar-refractivity contribution in [3.8, 4) is 5.75 Å². The molecule has 0 atom stereocenters. The van der Waals surface area contributed by atoms with Gasteiger partial charge in [0.2, 0.25) is 0 Å². The first-order valence-electron chi connectivity index (χ1n) is 9.84. The molecule has 3 aromatic rings. The number of benzene rings is 3. The number of nitrogens with one attached hydrogen (secondary N) is 3. The maximum Gasteiger partial charge on any atom is 0.255 e. The number of carbonyl (C=O) groups is 3. The van der Waals surface area contributed by atoms with Crippen molar-refractivity contribution in [3.05, 3.63) is 95.3 Å². The molecule has 3 amide bonds. The average Bonchev–Trinajstić information content (AvgIpc) is 2.82. The van der Waals surface area contributed by atoms with E-state index in [1.165, 1.54) is 31.4 Å². The lowest BCUT2D eigenvalue weighted by molar-refractivity contribution is 0.0926. The number of hydrogen-bond acceptors (Lipinski definition) is 4. The molecule has 164 valence electrons. The Hall–Kier alpha value is -4.20. The largest absolute Gasteiger partial charge is 0.496 e. The fourth-order valence-electron chi connectivity index (χ4n) is 2.89. The summed E-state index contributed by atoms with van der Waals surface area (Å²) in [5.41, 5.74) is 1.64. The Kier molecular flexibility index (Phi) is 7.53. The van der Waals surface area contributed by atoms with Crippen LogP contribution in [0.1, 0.15) is 31.1 Å². The summed E-state index contributed by atoms with van der Waals surface area (Å²) in [5, 5.41) is 8.13. The van der Waals surface area contributed by atoms with Crippen LogP contribution in [0.3, 0.4) is 0 Å². The molecule has 3 aromatic carbocycles. The summed E-state index contributed by atoms with van der Waals surface area (Å²) in [4.78, 5) is 36.7. The van der Waals surface area contributed by atoms with Crippen molar-refractivity contribution < 1.29 is 23.5 Å². The summed E-state index contributed by atoms with van der Waals surface area (Å²) in [6, 6.07) is 18.4. The third-order valence-corrected chi connectivity index (χ3v) is 4.56. The topological polar surface area (TPSA) is 96.5 Å². The molecule has 0 aliphatic heterocycles. The van der Waals surface area contributed by atoms with Crippen molar-refractivity contribution >= 4 is 23.4 Å². The Labute approximate surface area is 184 Å². The highest BCUT2D eigenvalue weighted by atomic mass is 19.1. The normalized spacial score (nSPS) is 10.2. The highest BCUT2D eigenvalue weighted by molar-refractivity contribution is 6.04. The smallest absolute Gasteiger partial charge is 0.255 e. The molecule has 0 unspecified atom stereocenters. The van der Waals surface area contributed by atoms with Gasteiger partial charge in [0.1, 0.15) is 11.6 Å². The van der Waals surface area contributed by atoms with E-state index < -0.39 is 5.82 Å². The molecule has 0 heterocycles. The number of anilines is 1. The van der Waals surface area contributed by atoms with Gasteiger partial charge in [0.05, 0.1) is 12.7 Å². The van der Waals surface area contributed by atoms with E-state index in [1.807, 2.05) is 0 Å². The first kappa shape index (κ1) is 22.5. The highest BCUT2D eigenvalue weighted by Gasteiger charge is 2.11. The molecule has 0 spiro atoms. The monoisotopic (exact) mass is 435 g/mol. The summed E-state index contributed by atoms with van der Waals surface area (Å²) >= 11 is 0. The van der Waals surface area contributed by atoms with Gasteiger partial charge in [-0.2, -0.15) is 0 Å². The van der Waals surface area contributed by atoms with Gasteiger partial charge in [-0.05, 0) is 60.7 Å². The lowest BCUT2D eigenvalue weighted by Gasteiger charge is -2.10. The van der Waals surface area contributed by atoms with Gasteiger partial charge in [-0.1, -0.05) is 12.1 Å². The number of para-hydroxylation sites is 1. The van der Waals surface area contributed by atoms with Crippen LogP contribution in [0.4, 0.5) is 10.1 Å². The van der Waals surface area contributed by atoms with Crippen molar-refractivity contribution in [1.29, 1.82) is 0 Å². The first-order valence-corrected chi connectivity index (χ1v) is 9.84. The van der Waals surface area contributed by atoms with E-state index in [0.29, 0.717) is 28.1 Å². The van der Waals surface area contributed by atoms with Gasteiger partial charge >= 0.3 is 0 Å². The van der Waals surface area contributed by atoms with Crippen molar-refractivity contribution in [2.75, 3.05) is 25.5 Å². The van der Waals surface area contributed by atoms with Gasteiger partial charge in [-0.3, -0.25) is 14.4 Å². The average molecular weight is 435 g/mol. The molecule has 3 N–H and O–H groups in total. The van der Waals surface area contributed by atoms with Crippen LogP contribution in [0.5, 0.6) is 5.75 Å². The number of carbonyl (C=O) groups excluding carboxylic acids is 3. The molecule has 0 aliphatic rings. The summed E-state index contributed by atoms with van der Waals surface area (Å²) in [6.07, 6.45) is 0. The number of halogens is 1. The van der Waals surface area contributed by atoms with E-state index in [0.717, 1.165) is 0 Å².